The van der Waals surface area contributed by atoms with Gasteiger partial charge in [-0.3, -0.25) is 9.69 Å². The zero-order valence-corrected chi connectivity index (χ0v) is 12.9. The fourth-order valence-electron chi connectivity index (χ4n) is 2.42. The SMILES string of the molecule is CC(C(=O)c1ccccc1)N(CCO)Cc1ccc(F)c(F)c1. The molecule has 0 spiro atoms. The van der Waals surface area contributed by atoms with Crippen LogP contribution < -0.4 is 0 Å². The van der Waals surface area contributed by atoms with Crippen LogP contribution in [0, 0.1) is 11.6 Å². The van der Waals surface area contributed by atoms with Crippen molar-refractivity contribution in [1.29, 1.82) is 0 Å². The van der Waals surface area contributed by atoms with E-state index in [1.165, 1.54) is 6.07 Å². The molecular weight excluding hydrogens is 300 g/mol. The molecule has 0 aliphatic carbocycles. The molecule has 1 atom stereocenters. The van der Waals surface area contributed by atoms with Crippen LogP contribution in [-0.2, 0) is 6.54 Å². The summed E-state index contributed by atoms with van der Waals surface area (Å²) in [5.74, 6) is -1.91. The second-order valence-electron chi connectivity index (χ2n) is 5.35. The first-order valence-electron chi connectivity index (χ1n) is 7.41. The molecule has 0 aromatic heterocycles. The van der Waals surface area contributed by atoms with Gasteiger partial charge in [0.15, 0.2) is 17.4 Å². The van der Waals surface area contributed by atoms with Gasteiger partial charge in [0.05, 0.1) is 12.6 Å². The molecule has 0 aliphatic rings. The van der Waals surface area contributed by atoms with Crippen LogP contribution in [0.25, 0.3) is 0 Å². The van der Waals surface area contributed by atoms with Crippen LogP contribution in [-0.4, -0.2) is 35.0 Å². The zero-order valence-electron chi connectivity index (χ0n) is 12.9. The Morgan fingerprint density at radius 2 is 1.83 bits per heavy atom. The summed E-state index contributed by atoms with van der Waals surface area (Å²) in [4.78, 5) is 14.3. The molecule has 2 rings (SSSR count). The number of hydrogen-bond acceptors (Lipinski definition) is 3. The Morgan fingerprint density at radius 1 is 1.13 bits per heavy atom. The van der Waals surface area contributed by atoms with Gasteiger partial charge in [0, 0.05) is 18.7 Å². The third-order valence-electron chi connectivity index (χ3n) is 3.74. The molecule has 1 N–H and O–H groups in total. The van der Waals surface area contributed by atoms with Gasteiger partial charge in [-0.1, -0.05) is 36.4 Å². The third-order valence-corrected chi connectivity index (χ3v) is 3.74. The van der Waals surface area contributed by atoms with Crippen molar-refractivity contribution >= 4 is 5.78 Å². The van der Waals surface area contributed by atoms with Gasteiger partial charge in [0.25, 0.3) is 0 Å². The second kappa shape index (κ2) is 7.94. The summed E-state index contributed by atoms with van der Waals surface area (Å²) in [5.41, 5.74) is 1.12. The Morgan fingerprint density at radius 3 is 2.43 bits per heavy atom. The van der Waals surface area contributed by atoms with Gasteiger partial charge in [0.1, 0.15) is 0 Å². The molecular formula is C18H19F2NO2. The maximum atomic E-state index is 13.3. The zero-order chi connectivity index (χ0) is 16.8. The van der Waals surface area contributed by atoms with E-state index in [0.717, 1.165) is 12.1 Å². The molecule has 0 saturated carbocycles. The molecule has 0 bridgehead atoms. The average molecular weight is 319 g/mol. The van der Waals surface area contributed by atoms with Crippen LogP contribution in [0.5, 0.6) is 0 Å². The Balaban J connectivity index is 2.16. The average Bonchev–Trinajstić information content (AvgIpc) is 2.57. The van der Waals surface area contributed by atoms with Crippen LogP contribution in [0.1, 0.15) is 22.8 Å². The molecule has 0 radical (unpaired) electrons. The highest BCUT2D eigenvalue weighted by Gasteiger charge is 2.22. The van der Waals surface area contributed by atoms with Crippen LogP contribution in [0.4, 0.5) is 8.78 Å². The van der Waals surface area contributed by atoms with Crippen molar-refractivity contribution in [2.75, 3.05) is 13.2 Å². The number of rotatable bonds is 7. The maximum absolute atomic E-state index is 13.3. The van der Waals surface area contributed by atoms with E-state index in [1.807, 2.05) is 6.07 Å². The summed E-state index contributed by atoms with van der Waals surface area (Å²) in [6, 6.07) is 12.0. The molecule has 0 heterocycles. The highest BCUT2D eigenvalue weighted by atomic mass is 19.2. The lowest BCUT2D eigenvalue weighted by molar-refractivity contribution is 0.0794. The number of nitrogens with zero attached hydrogens (tertiary/aromatic N) is 1. The summed E-state index contributed by atoms with van der Waals surface area (Å²) in [6.45, 7) is 2.12. The predicted octanol–water partition coefficient (Wildman–Crippen LogP) is 3.03. The van der Waals surface area contributed by atoms with Gasteiger partial charge in [-0.25, -0.2) is 8.78 Å². The van der Waals surface area contributed by atoms with E-state index in [-0.39, 0.29) is 25.5 Å². The molecule has 1 unspecified atom stereocenters. The monoisotopic (exact) mass is 319 g/mol. The first kappa shape index (κ1) is 17.2. The van der Waals surface area contributed by atoms with Crippen molar-refractivity contribution < 1.29 is 18.7 Å². The van der Waals surface area contributed by atoms with Crippen LogP contribution in [0.15, 0.2) is 48.5 Å². The number of halogens is 2. The Bertz CT molecular complexity index is 661. The first-order valence-corrected chi connectivity index (χ1v) is 7.41. The van der Waals surface area contributed by atoms with Crippen LogP contribution in [0.3, 0.4) is 0 Å². The number of aliphatic hydroxyl groups is 1. The van der Waals surface area contributed by atoms with Gasteiger partial charge >= 0.3 is 0 Å². The fraction of sp³-hybridized carbons (Fsp3) is 0.278. The highest BCUT2D eigenvalue weighted by Crippen LogP contribution is 2.15. The quantitative estimate of drug-likeness (QED) is 0.798. The normalized spacial score (nSPS) is 12.4. The van der Waals surface area contributed by atoms with Gasteiger partial charge in [0.2, 0.25) is 0 Å². The molecule has 122 valence electrons. The lowest BCUT2D eigenvalue weighted by atomic mass is 10.0. The predicted molar refractivity (Wildman–Crippen MR) is 84.1 cm³/mol. The maximum Gasteiger partial charge on any atom is 0.179 e. The Kier molecular flexibility index (Phi) is 5.96. The topological polar surface area (TPSA) is 40.5 Å². The van der Waals surface area contributed by atoms with E-state index >= 15 is 0 Å². The number of ketones is 1. The summed E-state index contributed by atoms with van der Waals surface area (Å²) in [7, 11) is 0. The molecule has 2 aromatic carbocycles. The van der Waals surface area contributed by atoms with Gasteiger partial charge in [-0.2, -0.15) is 0 Å². The molecule has 0 amide bonds. The molecule has 5 heteroatoms. The van der Waals surface area contributed by atoms with Gasteiger partial charge in [-0.05, 0) is 24.6 Å². The summed E-state index contributed by atoms with van der Waals surface area (Å²) in [6.07, 6.45) is 0. The fourth-order valence-corrected chi connectivity index (χ4v) is 2.42. The van der Waals surface area contributed by atoms with E-state index in [1.54, 1.807) is 36.1 Å². The standard InChI is InChI=1S/C18H19F2NO2/c1-13(18(23)15-5-3-2-4-6-15)21(9-10-22)12-14-7-8-16(19)17(20)11-14/h2-8,11,13,22H,9-10,12H2,1H3. The van der Waals surface area contributed by atoms with E-state index in [9.17, 15) is 18.7 Å². The van der Waals surface area contributed by atoms with Crippen molar-refractivity contribution in [2.45, 2.75) is 19.5 Å². The van der Waals surface area contributed by atoms with Crippen molar-refractivity contribution in [1.82, 2.24) is 4.90 Å². The van der Waals surface area contributed by atoms with E-state index in [4.69, 9.17) is 0 Å². The molecule has 2 aromatic rings. The minimum atomic E-state index is -0.923. The van der Waals surface area contributed by atoms with Crippen LogP contribution >= 0.6 is 0 Å². The summed E-state index contributed by atoms with van der Waals surface area (Å²) >= 11 is 0. The summed E-state index contributed by atoms with van der Waals surface area (Å²) < 4.78 is 26.3. The van der Waals surface area contributed by atoms with Crippen molar-refractivity contribution in [2.24, 2.45) is 0 Å². The lowest BCUT2D eigenvalue weighted by Crippen LogP contribution is -2.40. The molecule has 0 fully saturated rings. The number of carbonyl (C=O) groups is 1. The Labute approximate surface area is 134 Å². The largest absolute Gasteiger partial charge is 0.395 e. The van der Waals surface area contributed by atoms with E-state index in [2.05, 4.69) is 0 Å². The van der Waals surface area contributed by atoms with Crippen LogP contribution in [0.2, 0.25) is 0 Å². The lowest BCUT2D eigenvalue weighted by Gasteiger charge is -2.27. The number of benzene rings is 2. The molecule has 0 saturated heterocycles. The summed E-state index contributed by atoms with van der Waals surface area (Å²) in [5, 5.41) is 9.23. The van der Waals surface area contributed by atoms with E-state index in [0.29, 0.717) is 11.1 Å². The number of Topliss-reactive ketones (excluding diaryl/α,β-unsaturated/α-hetero) is 1. The third kappa shape index (κ3) is 4.43. The molecule has 23 heavy (non-hydrogen) atoms. The van der Waals surface area contributed by atoms with Crippen molar-refractivity contribution in [3.05, 3.63) is 71.3 Å². The highest BCUT2D eigenvalue weighted by molar-refractivity contribution is 5.99. The van der Waals surface area contributed by atoms with Gasteiger partial charge in [-0.15, -0.1) is 0 Å². The minimum absolute atomic E-state index is 0.0818. The van der Waals surface area contributed by atoms with Crippen molar-refractivity contribution in [3.63, 3.8) is 0 Å². The number of hydrogen-bond donors (Lipinski definition) is 1. The van der Waals surface area contributed by atoms with E-state index < -0.39 is 17.7 Å². The van der Waals surface area contributed by atoms with Gasteiger partial charge < -0.3 is 5.11 Å². The first-order chi connectivity index (χ1) is 11.0. The second-order valence-corrected chi connectivity index (χ2v) is 5.35. The number of aliphatic hydroxyl groups excluding tert-OH is 1. The smallest absolute Gasteiger partial charge is 0.179 e. The molecule has 3 nitrogen and oxygen atoms in total. The molecule has 0 aliphatic heterocycles. The Hall–Kier alpha value is -2.11. The minimum Gasteiger partial charge on any atom is -0.395 e. The number of carbonyl (C=O) groups excluding carboxylic acids is 1. The van der Waals surface area contributed by atoms with Crippen molar-refractivity contribution in [3.8, 4) is 0 Å².